The van der Waals surface area contributed by atoms with Gasteiger partial charge in [0.1, 0.15) is 35.4 Å². The number of carbonyl (C=O) groups excluding carboxylic acids is 3. The van der Waals surface area contributed by atoms with Crippen molar-refractivity contribution in [2.75, 3.05) is 41.5 Å². The van der Waals surface area contributed by atoms with E-state index in [-0.39, 0.29) is 25.9 Å². The van der Waals surface area contributed by atoms with E-state index in [1.165, 1.54) is 39.4 Å². The molecule has 2 N–H and O–H groups in total. The van der Waals surface area contributed by atoms with Crippen molar-refractivity contribution in [1.82, 2.24) is 15.1 Å². The van der Waals surface area contributed by atoms with Crippen LogP contribution in [-0.4, -0.2) is 80.2 Å². The first kappa shape index (κ1) is 35.8. The molecule has 0 unspecified atom stereocenters. The first-order chi connectivity index (χ1) is 22.9. The number of carboxylic acid groups (broad SMARTS) is 1. The lowest BCUT2D eigenvalue weighted by atomic mass is 9.96. The van der Waals surface area contributed by atoms with E-state index >= 15 is 0 Å². The van der Waals surface area contributed by atoms with Crippen LogP contribution in [-0.2, 0) is 22.6 Å². The van der Waals surface area contributed by atoms with Crippen molar-refractivity contribution in [2.45, 2.75) is 32.4 Å². The fourth-order valence-electron chi connectivity index (χ4n) is 5.62. The summed E-state index contributed by atoms with van der Waals surface area (Å²) in [6, 6.07) is 10.1. The molecule has 12 nitrogen and oxygen atoms in total. The molecule has 0 bridgehead atoms. The molecule has 14 heteroatoms. The summed E-state index contributed by atoms with van der Waals surface area (Å²) in [5.41, 5.74) is 0.898. The molecule has 1 aliphatic rings. The molecule has 4 amide bonds. The molecule has 0 radical (unpaired) electrons. The maximum absolute atomic E-state index is 14.5. The number of carbonyl (C=O) groups is 4. The second kappa shape index (κ2) is 15.7. The second-order valence-electron chi connectivity index (χ2n) is 11.0. The van der Waals surface area contributed by atoms with Gasteiger partial charge in [-0.3, -0.25) is 14.5 Å². The number of rotatable bonds is 12. The smallest absolute Gasteiger partial charge is 0.338 e. The molecule has 4 rings (SSSR count). The summed E-state index contributed by atoms with van der Waals surface area (Å²) in [6.07, 6.45) is 0.353. The highest BCUT2D eigenvalue weighted by Gasteiger charge is 2.39. The average Bonchev–Trinajstić information content (AvgIpc) is 3.18. The van der Waals surface area contributed by atoms with E-state index in [1.807, 2.05) is 0 Å². The Bertz CT molecular complexity index is 1680. The van der Waals surface area contributed by atoms with Gasteiger partial charge in [0.25, 0.3) is 0 Å². The Kier molecular flexibility index (Phi) is 11.7. The lowest BCUT2D eigenvalue weighted by Crippen LogP contribution is -2.48. The minimum absolute atomic E-state index is 0.0200. The Hall–Kier alpha value is -5.04. The predicted molar refractivity (Wildman–Crippen MR) is 173 cm³/mol. The van der Waals surface area contributed by atoms with Gasteiger partial charge in [-0.15, -0.1) is 0 Å². The van der Waals surface area contributed by atoms with E-state index in [2.05, 4.69) is 5.32 Å². The molecule has 0 aliphatic carbocycles. The molecule has 0 spiro atoms. The molecule has 1 saturated heterocycles. The van der Waals surface area contributed by atoms with Crippen LogP contribution in [0.25, 0.3) is 0 Å². The van der Waals surface area contributed by atoms with Gasteiger partial charge in [0.05, 0.1) is 58.1 Å². The highest BCUT2D eigenvalue weighted by Crippen LogP contribution is 2.36. The van der Waals surface area contributed by atoms with Gasteiger partial charge in [0.15, 0.2) is 0 Å². The van der Waals surface area contributed by atoms with E-state index in [4.69, 9.17) is 30.5 Å². The van der Waals surface area contributed by atoms with E-state index in [9.17, 15) is 28.7 Å². The summed E-state index contributed by atoms with van der Waals surface area (Å²) in [5.74, 6) is -2.73. The molecule has 2 atom stereocenters. The largest absolute Gasteiger partial charge is 0.496 e. The Labute approximate surface area is 282 Å². The van der Waals surface area contributed by atoms with Gasteiger partial charge >= 0.3 is 12.0 Å². The van der Waals surface area contributed by atoms with Crippen molar-refractivity contribution >= 4 is 35.4 Å². The molecule has 256 valence electrons. The van der Waals surface area contributed by atoms with Crippen LogP contribution < -0.4 is 24.3 Å². The summed E-state index contributed by atoms with van der Waals surface area (Å²) in [4.78, 5) is 55.3. The Balaban J connectivity index is 1.71. The number of aromatic carboxylic acids is 1. The number of ether oxygens (including phenoxy) is 4. The van der Waals surface area contributed by atoms with Crippen molar-refractivity contribution in [1.29, 1.82) is 0 Å². The van der Waals surface area contributed by atoms with Crippen molar-refractivity contribution < 1.29 is 47.6 Å². The SMILES string of the molecule is CC[C@@H](NC(=O)N1CC(=O)N(Cc2c(OC)cc(OC)cc2OC)C[C@@H](Cc2cc(Cl)ccc2OC)C1=O)c1ccc(C(=O)O)c(F)c1. The van der Waals surface area contributed by atoms with Crippen LogP contribution in [0.3, 0.4) is 0 Å². The van der Waals surface area contributed by atoms with Crippen molar-refractivity contribution in [2.24, 2.45) is 5.92 Å². The first-order valence-corrected chi connectivity index (χ1v) is 15.4. The maximum atomic E-state index is 14.5. The first-order valence-electron chi connectivity index (χ1n) is 15.0. The fraction of sp³-hybridized carbons (Fsp3) is 0.353. The van der Waals surface area contributed by atoms with Crippen LogP contribution in [0.5, 0.6) is 23.0 Å². The molecule has 1 heterocycles. The number of methoxy groups -OCH3 is 4. The van der Waals surface area contributed by atoms with Crippen molar-refractivity contribution in [3.63, 3.8) is 0 Å². The molecule has 0 aromatic heterocycles. The lowest BCUT2D eigenvalue weighted by molar-refractivity contribution is -0.135. The molecular weight excluding hydrogens is 649 g/mol. The van der Waals surface area contributed by atoms with Crippen LogP contribution in [0.1, 0.15) is 46.4 Å². The number of benzene rings is 3. The number of hydrogen-bond acceptors (Lipinski definition) is 8. The average molecular weight is 686 g/mol. The van der Waals surface area contributed by atoms with Gasteiger partial charge < -0.3 is 34.3 Å². The summed E-state index contributed by atoms with van der Waals surface area (Å²) in [5, 5.41) is 12.3. The Morgan fingerprint density at radius 3 is 2.21 bits per heavy atom. The van der Waals surface area contributed by atoms with Gasteiger partial charge in [-0.2, -0.15) is 0 Å². The minimum Gasteiger partial charge on any atom is -0.496 e. The number of urea groups is 1. The number of hydrogen-bond donors (Lipinski definition) is 2. The van der Waals surface area contributed by atoms with Gasteiger partial charge in [-0.05, 0) is 54.3 Å². The van der Waals surface area contributed by atoms with Crippen LogP contribution in [0.2, 0.25) is 5.02 Å². The number of nitrogens with zero attached hydrogens (tertiary/aromatic N) is 2. The summed E-state index contributed by atoms with van der Waals surface area (Å²) >= 11 is 6.28. The van der Waals surface area contributed by atoms with Crippen molar-refractivity contribution in [3.8, 4) is 23.0 Å². The minimum atomic E-state index is -1.43. The van der Waals surface area contributed by atoms with E-state index in [1.54, 1.807) is 37.3 Å². The van der Waals surface area contributed by atoms with Crippen LogP contribution >= 0.6 is 11.6 Å². The maximum Gasteiger partial charge on any atom is 0.338 e. The third kappa shape index (κ3) is 7.91. The molecule has 48 heavy (non-hydrogen) atoms. The van der Waals surface area contributed by atoms with E-state index < -0.39 is 53.7 Å². The molecule has 0 saturated carbocycles. The highest BCUT2D eigenvalue weighted by molar-refractivity contribution is 6.30. The normalized spacial score (nSPS) is 15.4. The molecular formula is C34H37ClFN3O9. The van der Waals surface area contributed by atoms with Gasteiger partial charge in [0, 0.05) is 23.7 Å². The quantitative estimate of drug-likeness (QED) is 0.266. The third-order valence-electron chi connectivity index (χ3n) is 8.15. The van der Waals surface area contributed by atoms with Crippen LogP contribution in [0.15, 0.2) is 48.5 Å². The molecule has 3 aromatic rings. The zero-order valence-corrected chi connectivity index (χ0v) is 27.9. The predicted octanol–water partition coefficient (Wildman–Crippen LogP) is 5.10. The second-order valence-corrected chi connectivity index (χ2v) is 11.5. The Morgan fingerprint density at radius 1 is 0.979 bits per heavy atom. The van der Waals surface area contributed by atoms with Crippen LogP contribution in [0.4, 0.5) is 9.18 Å². The third-order valence-corrected chi connectivity index (χ3v) is 8.39. The summed E-state index contributed by atoms with van der Waals surface area (Å²) < 4.78 is 36.5. The standard InChI is InChI=1S/C34H37ClFN3O9/c1-6-27(19-7-9-24(33(42)43)26(36)13-19)37-34(44)39-18-31(40)38(17-25-29(47-4)14-23(45-2)15-30(25)48-5)16-21(32(39)41)11-20-12-22(35)8-10-28(20)46-3/h7-10,12-15,21,27H,6,11,16-18H2,1-5H3,(H,37,44)(H,42,43)/t21-,27-/m1/s1. The van der Waals surface area contributed by atoms with Gasteiger partial charge in [0.2, 0.25) is 11.8 Å². The van der Waals surface area contributed by atoms with E-state index in [0.717, 1.165) is 17.0 Å². The molecule has 1 aliphatic heterocycles. The fourth-order valence-corrected chi connectivity index (χ4v) is 5.82. The summed E-state index contributed by atoms with van der Waals surface area (Å²) in [7, 11) is 5.92. The Morgan fingerprint density at radius 2 is 1.65 bits per heavy atom. The number of imide groups is 1. The zero-order chi connectivity index (χ0) is 35.1. The van der Waals surface area contributed by atoms with E-state index in [0.29, 0.717) is 44.7 Å². The van der Waals surface area contributed by atoms with Gasteiger partial charge in [-0.25, -0.2) is 14.0 Å². The zero-order valence-electron chi connectivity index (χ0n) is 27.2. The highest BCUT2D eigenvalue weighted by atomic mass is 35.5. The molecule has 3 aromatic carbocycles. The van der Waals surface area contributed by atoms with Gasteiger partial charge in [-0.1, -0.05) is 24.6 Å². The monoisotopic (exact) mass is 685 g/mol. The number of amides is 4. The summed E-state index contributed by atoms with van der Waals surface area (Å²) in [6.45, 7) is 1.05. The topological polar surface area (TPSA) is 144 Å². The number of carboxylic acids is 1. The number of nitrogens with one attached hydrogen (secondary N) is 1. The lowest BCUT2D eigenvalue weighted by Gasteiger charge is -2.26. The van der Waals surface area contributed by atoms with Crippen LogP contribution in [0, 0.1) is 11.7 Å². The van der Waals surface area contributed by atoms with Crippen molar-refractivity contribution in [3.05, 3.63) is 81.6 Å². The number of halogens is 2. The molecule has 1 fully saturated rings.